The van der Waals surface area contributed by atoms with Gasteiger partial charge in [0.05, 0.1) is 13.2 Å². The maximum atomic E-state index is 11.6. The molecule has 1 fully saturated rings. The van der Waals surface area contributed by atoms with Gasteiger partial charge in [-0.25, -0.2) is 5.10 Å². The Morgan fingerprint density at radius 3 is 2.89 bits per heavy atom. The average molecular weight is 253 g/mol. The van der Waals surface area contributed by atoms with Crippen molar-refractivity contribution in [3.05, 3.63) is 28.2 Å². The molecular formula is C11H15N3O4. The predicted octanol–water partition coefficient (Wildman–Crippen LogP) is -0.347. The van der Waals surface area contributed by atoms with Crippen LogP contribution in [-0.4, -0.2) is 42.2 Å². The third kappa shape index (κ3) is 3.64. The number of nitrogens with zero attached hydrogens (tertiary/aromatic N) is 1. The first kappa shape index (κ1) is 12.7. The topological polar surface area (TPSA) is 93.3 Å². The highest BCUT2D eigenvalue weighted by Gasteiger charge is 2.14. The molecule has 1 saturated heterocycles. The van der Waals surface area contributed by atoms with E-state index in [1.165, 1.54) is 12.1 Å². The van der Waals surface area contributed by atoms with Gasteiger partial charge in [-0.3, -0.25) is 9.59 Å². The molecule has 98 valence electrons. The summed E-state index contributed by atoms with van der Waals surface area (Å²) < 4.78 is 10.7. The number of nitrogens with one attached hydrogen (secondary N) is 2. The SMILES string of the molecule is O=C(NCCC1OCCCO1)c1ccc(=O)[nH]n1. The molecule has 0 atom stereocenters. The van der Waals surface area contributed by atoms with Crippen LogP contribution in [0.4, 0.5) is 0 Å². The maximum absolute atomic E-state index is 11.6. The molecule has 7 nitrogen and oxygen atoms in total. The average Bonchev–Trinajstić information content (AvgIpc) is 2.40. The number of carbonyl (C=O) groups excluding carboxylic acids is 1. The molecule has 1 aliphatic heterocycles. The summed E-state index contributed by atoms with van der Waals surface area (Å²) in [6.07, 6.45) is 1.25. The number of amides is 1. The van der Waals surface area contributed by atoms with Crippen molar-refractivity contribution in [1.82, 2.24) is 15.5 Å². The minimum absolute atomic E-state index is 0.181. The van der Waals surface area contributed by atoms with Gasteiger partial charge in [0.2, 0.25) is 0 Å². The third-order valence-corrected chi connectivity index (χ3v) is 2.47. The van der Waals surface area contributed by atoms with Crippen molar-refractivity contribution in [3.63, 3.8) is 0 Å². The Kier molecular flexibility index (Phi) is 4.43. The number of hydrogen-bond donors (Lipinski definition) is 2. The van der Waals surface area contributed by atoms with Crippen molar-refractivity contribution in [3.8, 4) is 0 Å². The van der Waals surface area contributed by atoms with Gasteiger partial charge in [0.1, 0.15) is 5.69 Å². The second-order valence-electron chi connectivity index (χ2n) is 3.88. The maximum Gasteiger partial charge on any atom is 0.271 e. The Morgan fingerprint density at radius 2 is 2.22 bits per heavy atom. The molecule has 0 aromatic carbocycles. The number of hydrogen-bond acceptors (Lipinski definition) is 5. The fourth-order valence-electron chi connectivity index (χ4n) is 1.57. The van der Waals surface area contributed by atoms with Gasteiger partial charge < -0.3 is 14.8 Å². The van der Waals surface area contributed by atoms with Gasteiger partial charge in [-0.2, -0.15) is 5.10 Å². The first-order chi connectivity index (χ1) is 8.75. The Balaban J connectivity index is 1.74. The summed E-state index contributed by atoms with van der Waals surface area (Å²) in [5.41, 5.74) is -0.157. The Bertz CT molecular complexity index is 433. The predicted molar refractivity (Wildman–Crippen MR) is 62.1 cm³/mol. The van der Waals surface area contributed by atoms with E-state index in [2.05, 4.69) is 15.5 Å². The molecule has 0 unspecified atom stereocenters. The summed E-state index contributed by atoms with van der Waals surface area (Å²) in [4.78, 5) is 22.4. The van der Waals surface area contributed by atoms with Crippen LogP contribution in [0.25, 0.3) is 0 Å². The fraction of sp³-hybridized carbons (Fsp3) is 0.545. The van der Waals surface area contributed by atoms with Crippen LogP contribution in [0.1, 0.15) is 23.3 Å². The van der Waals surface area contributed by atoms with E-state index < -0.39 is 0 Å². The Morgan fingerprint density at radius 1 is 1.44 bits per heavy atom. The molecule has 2 rings (SSSR count). The molecule has 1 amide bonds. The minimum Gasteiger partial charge on any atom is -0.353 e. The van der Waals surface area contributed by atoms with Gasteiger partial charge in [-0.05, 0) is 12.5 Å². The molecule has 18 heavy (non-hydrogen) atoms. The van der Waals surface area contributed by atoms with Crippen molar-refractivity contribution in [2.45, 2.75) is 19.1 Å². The van der Waals surface area contributed by atoms with Gasteiger partial charge in [-0.1, -0.05) is 0 Å². The standard InChI is InChI=1S/C11H15N3O4/c15-9-3-2-8(13-14-9)11(16)12-5-4-10-17-6-1-7-18-10/h2-3,10H,1,4-7H2,(H,12,16)(H,14,15). The highest BCUT2D eigenvalue weighted by atomic mass is 16.7. The van der Waals surface area contributed by atoms with E-state index in [1.54, 1.807) is 0 Å². The van der Waals surface area contributed by atoms with E-state index in [1.807, 2.05) is 0 Å². The zero-order chi connectivity index (χ0) is 12.8. The lowest BCUT2D eigenvalue weighted by atomic mass is 10.3. The summed E-state index contributed by atoms with van der Waals surface area (Å²) in [7, 11) is 0. The first-order valence-electron chi connectivity index (χ1n) is 5.83. The smallest absolute Gasteiger partial charge is 0.271 e. The van der Waals surface area contributed by atoms with Gasteiger partial charge in [0.25, 0.3) is 11.5 Å². The zero-order valence-corrected chi connectivity index (χ0v) is 9.85. The third-order valence-electron chi connectivity index (χ3n) is 2.47. The van der Waals surface area contributed by atoms with Crippen LogP contribution in [0.3, 0.4) is 0 Å². The van der Waals surface area contributed by atoms with Crippen LogP contribution in [0.2, 0.25) is 0 Å². The molecule has 2 N–H and O–H groups in total. The number of aromatic amines is 1. The second-order valence-corrected chi connectivity index (χ2v) is 3.88. The largest absolute Gasteiger partial charge is 0.353 e. The summed E-state index contributed by atoms with van der Waals surface area (Å²) >= 11 is 0. The number of H-pyrrole nitrogens is 1. The van der Waals surface area contributed by atoms with E-state index >= 15 is 0 Å². The molecule has 2 heterocycles. The van der Waals surface area contributed by atoms with Crippen LogP contribution >= 0.6 is 0 Å². The van der Waals surface area contributed by atoms with Gasteiger partial charge in [0, 0.05) is 19.0 Å². The number of ether oxygens (including phenoxy) is 2. The van der Waals surface area contributed by atoms with Crippen LogP contribution in [-0.2, 0) is 9.47 Å². The molecule has 1 aromatic rings. The van der Waals surface area contributed by atoms with Crippen molar-refractivity contribution in [2.75, 3.05) is 19.8 Å². The molecule has 0 spiro atoms. The van der Waals surface area contributed by atoms with Crippen molar-refractivity contribution in [2.24, 2.45) is 0 Å². The molecule has 1 aromatic heterocycles. The molecule has 0 radical (unpaired) electrons. The van der Waals surface area contributed by atoms with Crippen LogP contribution in [0, 0.1) is 0 Å². The minimum atomic E-state index is -0.337. The summed E-state index contributed by atoms with van der Waals surface area (Å²) in [6.45, 7) is 1.82. The Labute approximate surface area is 103 Å². The second kappa shape index (κ2) is 6.27. The summed E-state index contributed by atoms with van der Waals surface area (Å²) in [5.74, 6) is -0.331. The monoisotopic (exact) mass is 253 g/mol. The van der Waals surface area contributed by atoms with E-state index in [9.17, 15) is 9.59 Å². The quantitative estimate of drug-likeness (QED) is 0.765. The first-order valence-corrected chi connectivity index (χ1v) is 5.83. The summed E-state index contributed by atoms with van der Waals surface area (Å²) in [5, 5.41) is 8.52. The summed E-state index contributed by atoms with van der Waals surface area (Å²) in [6, 6.07) is 2.64. The van der Waals surface area contributed by atoms with Crippen molar-refractivity contribution in [1.29, 1.82) is 0 Å². The van der Waals surface area contributed by atoms with Crippen LogP contribution in [0.15, 0.2) is 16.9 Å². The molecule has 0 aliphatic carbocycles. The van der Waals surface area contributed by atoms with Gasteiger partial charge in [-0.15, -0.1) is 0 Å². The highest BCUT2D eigenvalue weighted by molar-refractivity contribution is 5.91. The molecular weight excluding hydrogens is 238 g/mol. The molecule has 1 aliphatic rings. The fourth-order valence-corrected chi connectivity index (χ4v) is 1.57. The van der Waals surface area contributed by atoms with E-state index in [-0.39, 0.29) is 23.5 Å². The van der Waals surface area contributed by atoms with E-state index in [0.717, 1.165) is 6.42 Å². The normalized spacial score (nSPS) is 16.4. The number of rotatable bonds is 4. The van der Waals surface area contributed by atoms with Crippen molar-refractivity contribution < 1.29 is 14.3 Å². The lowest BCUT2D eigenvalue weighted by Gasteiger charge is -2.23. The Hall–Kier alpha value is -1.73. The van der Waals surface area contributed by atoms with E-state index in [0.29, 0.717) is 26.2 Å². The molecule has 0 saturated carbocycles. The van der Waals surface area contributed by atoms with Gasteiger partial charge >= 0.3 is 0 Å². The molecule has 0 bridgehead atoms. The van der Waals surface area contributed by atoms with Crippen molar-refractivity contribution >= 4 is 5.91 Å². The van der Waals surface area contributed by atoms with Crippen LogP contribution in [0.5, 0.6) is 0 Å². The number of carbonyl (C=O) groups is 1. The van der Waals surface area contributed by atoms with Crippen LogP contribution < -0.4 is 10.9 Å². The highest BCUT2D eigenvalue weighted by Crippen LogP contribution is 2.07. The lowest BCUT2D eigenvalue weighted by molar-refractivity contribution is -0.180. The lowest BCUT2D eigenvalue weighted by Crippen LogP contribution is -2.32. The van der Waals surface area contributed by atoms with Gasteiger partial charge in [0.15, 0.2) is 6.29 Å². The number of aromatic nitrogens is 2. The van der Waals surface area contributed by atoms with E-state index in [4.69, 9.17) is 9.47 Å². The molecule has 7 heteroatoms. The zero-order valence-electron chi connectivity index (χ0n) is 9.85.